The molecule has 0 fully saturated rings. The van der Waals surface area contributed by atoms with E-state index >= 15 is 0 Å². The lowest BCUT2D eigenvalue weighted by molar-refractivity contribution is -0.117. The first-order valence-corrected chi connectivity index (χ1v) is 10.7. The van der Waals surface area contributed by atoms with Crippen molar-refractivity contribution in [2.75, 3.05) is 25.9 Å². The van der Waals surface area contributed by atoms with Gasteiger partial charge in [0.25, 0.3) is 0 Å². The summed E-state index contributed by atoms with van der Waals surface area (Å²) in [5, 5.41) is 10.7. The number of nitrogens with two attached hydrogens (primary N) is 1. The average Bonchev–Trinajstić information content (AvgIpc) is 2.76. The fourth-order valence-corrected chi connectivity index (χ4v) is 3.55. The third kappa shape index (κ3) is 5.76. The van der Waals surface area contributed by atoms with Crippen LogP contribution in [0.2, 0.25) is 0 Å². The first-order chi connectivity index (χ1) is 15.7. The van der Waals surface area contributed by atoms with Crippen LogP contribution in [-0.4, -0.2) is 43.1 Å². The molecule has 0 saturated heterocycles. The Hall–Kier alpha value is -3.70. The molecule has 0 bridgehead atoms. The Morgan fingerprint density at radius 2 is 1.97 bits per heavy atom. The largest absolute Gasteiger partial charge is 0.504 e. The number of aromatic hydroxyl groups is 1. The number of carbonyl (C=O) groups excluding carboxylic acids is 2. The Kier molecular flexibility index (Phi) is 7.46. The molecule has 1 aromatic heterocycles. The molecule has 33 heavy (non-hydrogen) atoms. The molecule has 1 heterocycles. The van der Waals surface area contributed by atoms with Crippen LogP contribution in [0.4, 0.5) is 10.5 Å². The number of nitrogens with one attached hydrogen (secondary N) is 2. The standard InChI is InChI=1S/C22H24N4O6S/c1-24-33-25-13-6-4-5-12(7-13)8-16-14(10-20(23)28)15-9-17(27)19(32-22(30)26(2)3)11-18(15)31-21(16)29/h4-7,9,11,24-25,27H,8,10H2,1-3H3,(H2,23,28). The predicted octanol–water partition coefficient (Wildman–Crippen LogP) is 2.37. The van der Waals surface area contributed by atoms with Crippen molar-refractivity contribution in [2.24, 2.45) is 5.73 Å². The molecule has 5 N–H and O–H groups in total. The number of carbonyl (C=O) groups is 2. The molecule has 0 aliphatic carbocycles. The molecule has 2 aromatic carbocycles. The van der Waals surface area contributed by atoms with Crippen molar-refractivity contribution in [3.05, 3.63) is 63.5 Å². The van der Waals surface area contributed by atoms with Gasteiger partial charge in [-0.3, -0.25) is 4.79 Å². The highest BCUT2D eigenvalue weighted by Gasteiger charge is 2.20. The van der Waals surface area contributed by atoms with Crippen molar-refractivity contribution < 1.29 is 23.8 Å². The Bertz CT molecular complexity index is 1260. The summed E-state index contributed by atoms with van der Waals surface area (Å²) in [7, 11) is 4.75. The molecule has 0 saturated carbocycles. The number of nitrogens with zero attached hydrogens (tertiary/aromatic N) is 1. The summed E-state index contributed by atoms with van der Waals surface area (Å²) in [5.74, 6) is -1.17. The number of hydrogen-bond acceptors (Lipinski definition) is 9. The summed E-state index contributed by atoms with van der Waals surface area (Å²) in [4.78, 5) is 37.7. The monoisotopic (exact) mass is 472 g/mol. The zero-order valence-electron chi connectivity index (χ0n) is 18.3. The molecule has 0 aliphatic rings. The number of anilines is 1. The number of phenols is 1. The maximum atomic E-state index is 12.9. The van der Waals surface area contributed by atoms with E-state index in [1.54, 1.807) is 7.05 Å². The number of fused-ring (bicyclic) bond motifs is 1. The Balaban J connectivity index is 2.10. The van der Waals surface area contributed by atoms with Crippen molar-refractivity contribution in [1.29, 1.82) is 0 Å². The minimum atomic E-state index is -0.717. The highest BCUT2D eigenvalue weighted by molar-refractivity contribution is 7.98. The van der Waals surface area contributed by atoms with Crippen LogP contribution >= 0.6 is 12.1 Å². The first kappa shape index (κ1) is 24.0. The summed E-state index contributed by atoms with van der Waals surface area (Å²) >= 11 is 1.29. The van der Waals surface area contributed by atoms with Gasteiger partial charge in [0.05, 0.1) is 6.42 Å². The number of phenolic OH excluding ortho intramolecular Hbond substituents is 1. The SMILES string of the molecule is CNSNc1cccc(Cc2c(CC(N)=O)c3cc(O)c(OC(=O)N(C)C)cc3oc2=O)c1. The molecule has 0 aliphatic heterocycles. The van der Waals surface area contributed by atoms with Crippen LogP contribution < -0.4 is 25.5 Å². The molecule has 174 valence electrons. The second-order valence-corrected chi connectivity index (χ2v) is 8.17. The average molecular weight is 473 g/mol. The number of ether oxygens (including phenoxy) is 1. The van der Waals surface area contributed by atoms with Crippen molar-refractivity contribution in [3.63, 3.8) is 0 Å². The Labute approximate surface area is 194 Å². The van der Waals surface area contributed by atoms with E-state index in [0.717, 1.165) is 11.3 Å². The van der Waals surface area contributed by atoms with Crippen LogP contribution in [0.15, 0.2) is 45.6 Å². The third-order valence-corrected chi connectivity index (χ3v) is 5.23. The normalized spacial score (nSPS) is 10.8. The highest BCUT2D eigenvalue weighted by Crippen LogP contribution is 2.34. The molecule has 10 nitrogen and oxygen atoms in total. The van der Waals surface area contributed by atoms with Crippen molar-refractivity contribution >= 4 is 40.8 Å². The van der Waals surface area contributed by atoms with Gasteiger partial charge in [0, 0.05) is 55.4 Å². The quantitative estimate of drug-likeness (QED) is 0.286. The van der Waals surface area contributed by atoms with E-state index in [4.69, 9.17) is 14.9 Å². The van der Waals surface area contributed by atoms with Crippen LogP contribution in [0.1, 0.15) is 16.7 Å². The number of hydrogen-bond donors (Lipinski definition) is 4. The van der Waals surface area contributed by atoms with Gasteiger partial charge in [0.1, 0.15) is 5.58 Å². The van der Waals surface area contributed by atoms with Gasteiger partial charge in [-0.25, -0.2) is 14.3 Å². The highest BCUT2D eigenvalue weighted by atomic mass is 32.2. The molecule has 2 amide bonds. The van der Waals surface area contributed by atoms with E-state index in [-0.39, 0.29) is 35.5 Å². The molecular formula is C22H24N4O6S. The first-order valence-electron chi connectivity index (χ1n) is 9.86. The zero-order valence-corrected chi connectivity index (χ0v) is 19.1. The van der Waals surface area contributed by atoms with Crippen LogP contribution in [0.5, 0.6) is 11.5 Å². The summed E-state index contributed by atoms with van der Waals surface area (Å²) < 4.78 is 16.6. The summed E-state index contributed by atoms with van der Waals surface area (Å²) in [5.41, 5.74) is 7.06. The molecule has 0 unspecified atom stereocenters. The Morgan fingerprint density at radius 3 is 2.64 bits per heavy atom. The van der Waals surface area contributed by atoms with Crippen LogP contribution in [0.3, 0.4) is 0 Å². The van der Waals surface area contributed by atoms with Crippen molar-refractivity contribution in [2.45, 2.75) is 12.8 Å². The molecule has 3 rings (SSSR count). The fraction of sp³-hybridized carbons (Fsp3) is 0.227. The summed E-state index contributed by atoms with van der Waals surface area (Å²) in [6.45, 7) is 0. The lowest BCUT2D eigenvalue weighted by Crippen LogP contribution is -2.25. The maximum absolute atomic E-state index is 12.9. The third-order valence-electron chi connectivity index (χ3n) is 4.69. The van der Waals surface area contributed by atoms with Gasteiger partial charge in [-0.2, -0.15) is 0 Å². The van der Waals surface area contributed by atoms with E-state index in [1.807, 2.05) is 24.3 Å². The second kappa shape index (κ2) is 10.3. The molecular weight excluding hydrogens is 448 g/mol. The molecule has 11 heteroatoms. The van der Waals surface area contributed by atoms with E-state index in [0.29, 0.717) is 10.9 Å². The van der Waals surface area contributed by atoms with Crippen LogP contribution in [-0.2, 0) is 17.6 Å². The van der Waals surface area contributed by atoms with Gasteiger partial charge in [-0.15, -0.1) is 0 Å². The number of amides is 2. The predicted molar refractivity (Wildman–Crippen MR) is 126 cm³/mol. The second-order valence-electron chi connectivity index (χ2n) is 7.35. The zero-order chi connectivity index (χ0) is 24.1. The molecule has 3 aromatic rings. The molecule has 0 spiro atoms. The van der Waals surface area contributed by atoms with Gasteiger partial charge in [-0.1, -0.05) is 12.1 Å². The topological polar surface area (TPSA) is 147 Å². The molecule has 0 atom stereocenters. The van der Waals surface area contributed by atoms with Crippen LogP contribution in [0.25, 0.3) is 11.0 Å². The van der Waals surface area contributed by atoms with Crippen molar-refractivity contribution in [1.82, 2.24) is 9.62 Å². The van der Waals surface area contributed by atoms with E-state index < -0.39 is 17.6 Å². The minimum Gasteiger partial charge on any atom is -0.504 e. The lowest BCUT2D eigenvalue weighted by Gasteiger charge is -2.14. The van der Waals surface area contributed by atoms with Gasteiger partial charge in [0.2, 0.25) is 5.91 Å². The minimum absolute atomic E-state index is 0.0557. The molecule has 0 radical (unpaired) electrons. The maximum Gasteiger partial charge on any atom is 0.414 e. The van der Waals surface area contributed by atoms with E-state index in [1.165, 1.54) is 43.3 Å². The fourth-order valence-electron chi connectivity index (χ4n) is 3.20. The number of primary amides is 1. The van der Waals surface area contributed by atoms with Gasteiger partial charge in [-0.05, 0) is 36.4 Å². The van der Waals surface area contributed by atoms with E-state index in [2.05, 4.69) is 9.44 Å². The lowest BCUT2D eigenvalue weighted by atomic mass is 9.96. The summed E-state index contributed by atoms with van der Waals surface area (Å²) in [6, 6.07) is 9.94. The van der Waals surface area contributed by atoms with E-state index in [9.17, 15) is 19.5 Å². The summed E-state index contributed by atoms with van der Waals surface area (Å²) in [6.07, 6.45) is -0.772. The van der Waals surface area contributed by atoms with Gasteiger partial charge < -0.3 is 29.6 Å². The van der Waals surface area contributed by atoms with Gasteiger partial charge >= 0.3 is 11.7 Å². The number of rotatable bonds is 8. The Morgan fingerprint density at radius 1 is 1.21 bits per heavy atom. The van der Waals surface area contributed by atoms with Crippen molar-refractivity contribution in [3.8, 4) is 11.5 Å². The van der Waals surface area contributed by atoms with Gasteiger partial charge in [0.15, 0.2) is 11.5 Å². The smallest absolute Gasteiger partial charge is 0.414 e. The number of benzene rings is 2. The van der Waals surface area contributed by atoms with Crippen LogP contribution in [0, 0.1) is 0 Å².